The predicted octanol–water partition coefficient (Wildman–Crippen LogP) is 2.05. The average molecular weight is 579 g/mol. The van der Waals surface area contributed by atoms with Crippen molar-refractivity contribution in [2.75, 3.05) is 66.8 Å². The standard InChI is InChI=1S/C19H36N2O5.C6H9NO2.C5H5N/c1-3-18(22)16-4-6-17(7-5-16)21-19(23)8-10-24-12-14-26-15-13-25-11-9-20-2;1-7-3-5(4-8)2-6(7)9;1-2-4-6-5-3-1/h16-17,20H,3-15H2,1-2H3,(H,21,23);4-5H,2-3H2,1H3;1-5H. The number of hydrogen-bond donors (Lipinski definition) is 2. The highest BCUT2D eigenvalue weighted by Gasteiger charge is 2.26. The van der Waals surface area contributed by atoms with Gasteiger partial charge in [-0.1, -0.05) is 13.0 Å². The van der Waals surface area contributed by atoms with Crippen LogP contribution in [-0.2, 0) is 33.4 Å². The van der Waals surface area contributed by atoms with Gasteiger partial charge < -0.3 is 34.5 Å². The number of likely N-dealkylation sites (N-methyl/N-ethyl adjacent to an activating group) is 1. The first-order valence-electron chi connectivity index (χ1n) is 14.6. The Hall–Kier alpha value is -2.73. The summed E-state index contributed by atoms with van der Waals surface area (Å²) >= 11 is 0. The van der Waals surface area contributed by atoms with Crippen LogP contribution in [0.15, 0.2) is 30.6 Å². The number of Topliss-reactive ketones (excluding diaryl/α,β-unsaturated/α-hetero) is 1. The summed E-state index contributed by atoms with van der Waals surface area (Å²) in [7, 11) is 3.60. The molecule has 1 aromatic rings. The lowest BCUT2D eigenvalue weighted by molar-refractivity contribution is -0.127. The third-order valence-electron chi connectivity index (χ3n) is 6.74. The van der Waals surface area contributed by atoms with Crippen LogP contribution in [-0.4, -0.2) is 107 Å². The second-order valence-electron chi connectivity index (χ2n) is 10.0. The van der Waals surface area contributed by atoms with Crippen molar-refractivity contribution in [3.8, 4) is 0 Å². The molecule has 0 radical (unpaired) electrons. The molecule has 2 amide bonds. The largest absolute Gasteiger partial charge is 0.379 e. The summed E-state index contributed by atoms with van der Waals surface area (Å²) in [6.07, 6.45) is 9.31. The molecular formula is C30H50N4O7. The molecule has 2 aliphatic rings. The molecule has 1 saturated carbocycles. The third-order valence-corrected chi connectivity index (χ3v) is 6.74. The third kappa shape index (κ3) is 18.3. The van der Waals surface area contributed by atoms with E-state index < -0.39 is 0 Å². The van der Waals surface area contributed by atoms with Crippen molar-refractivity contribution < 1.29 is 33.4 Å². The van der Waals surface area contributed by atoms with Gasteiger partial charge in [0.05, 0.1) is 39.6 Å². The van der Waals surface area contributed by atoms with Gasteiger partial charge in [0.25, 0.3) is 0 Å². The van der Waals surface area contributed by atoms with Crippen molar-refractivity contribution in [3.63, 3.8) is 0 Å². The molecular weight excluding hydrogens is 528 g/mol. The monoisotopic (exact) mass is 578 g/mol. The lowest BCUT2D eigenvalue weighted by Crippen LogP contribution is -2.39. The number of aldehydes is 1. The van der Waals surface area contributed by atoms with Crippen LogP contribution in [0.1, 0.15) is 51.9 Å². The smallest absolute Gasteiger partial charge is 0.223 e. The van der Waals surface area contributed by atoms with Crippen molar-refractivity contribution in [1.82, 2.24) is 20.5 Å². The van der Waals surface area contributed by atoms with E-state index in [0.29, 0.717) is 71.2 Å². The first-order valence-corrected chi connectivity index (χ1v) is 14.6. The topological polar surface area (TPSA) is 136 Å². The highest BCUT2D eigenvalue weighted by molar-refractivity contribution is 5.82. The number of amides is 2. The molecule has 0 bridgehead atoms. The summed E-state index contributed by atoms with van der Waals surface area (Å²) in [4.78, 5) is 49.8. The van der Waals surface area contributed by atoms with Crippen LogP contribution in [0, 0.1) is 11.8 Å². The van der Waals surface area contributed by atoms with Gasteiger partial charge in [-0.15, -0.1) is 0 Å². The Balaban J connectivity index is 0.000000448. The van der Waals surface area contributed by atoms with Crippen LogP contribution >= 0.6 is 0 Å². The highest BCUT2D eigenvalue weighted by atomic mass is 16.5. The molecule has 11 heteroatoms. The highest BCUT2D eigenvalue weighted by Crippen LogP contribution is 2.25. The number of likely N-dealkylation sites (tertiary alicyclic amines) is 1. The van der Waals surface area contributed by atoms with Crippen LogP contribution in [0.3, 0.4) is 0 Å². The maximum atomic E-state index is 11.9. The Labute approximate surface area is 245 Å². The summed E-state index contributed by atoms with van der Waals surface area (Å²) in [5.41, 5.74) is 0. The molecule has 2 heterocycles. The number of pyridine rings is 1. The van der Waals surface area contributed by atoms with Gasteiger partial charge in [-0.3, -0.25) is 19.4 Å². The molecule has 2 fully saturated rings. The van der Waals surface area contributed by atoms with E-state index in [1.165, 1.54) is 0 Å². The SMILES string of the molecule is CCC(=O)C1CCC(NC(=O)CCOCCOCCOCCNC)CC1.CN1CC(C=O)CC1=O.c1ccncc1. The Kier molecular flexibility index (Phi) is 21.2. The number of rotatable bonds is 16. The second kappa shape index (κ2) is 23.9. The van der Waals surface area contributed by atoms with Crippen LogP contribution in [0.25, 0.3) is 0 Å². The van der Waals surface area contributed by atoms with Crippen molar-refractivity contribution >= 4 is 23.9 Å². The summed E-state index contributed by atoms with van der Waals surface area (Å²) in [6.45, 7) is 6.55. The molecule has 2 N–H and O–H groups in total. The quantitative estimate of drug-likeness (QED) is 0.223. The molecule has 41 heavy (non-hydrogen) atoms. The van der Waals surface area contributed by atoms with Crippen LogP contribution in [0.2, 0.25) is 0 Å². The van der Waals surface area contributed by atoms with E-state index in [9.17, 15) is 19.2 Å². The van der Waals surface area contributed by atoms with Gasteiger partial charge in [0.2, 0.25) is 11.8 Å². The fraction of sp³-hybridized carbons (Fsp3) is 0.700. The molecule has 0 aromatic carbocycles. The number of ketones is 1. The van der Waals surface area contributed by atoms with Crippen LogP contribution in [0.4, 0.5) is 0 Å². The Bertz CT molecular complexity index is 809. The Morgan fingerprint density at radius 1 is 0.976 bits per heavy atom. The molecule has 1 aliphatic heterocycles. The molecule has 1 aliphatic carbocycles. The summed E-state index contributed by atoms with van der Waals surface area (Å²) < 4.78 is 16.1. The zero-order valence-corrected chi connectivity index (χ0v) is 25.1. The minimum Gasteiger partial charge on any atom is -0.379 e. The zero-order chi connectivity index (χ0) is 30.1. The van der Waals surface area contributed by atoms with Crippen molar-refractivity contribution in [2.45, 2.75) is 57.9 Å². The molecule has 232 valence electrons. The van der Waals surface area contributed by atoms with Gasteiger partial charge in [-0.2, -0.15) is 0 Å². The number of hydrogen-bond acceptors (Lipinski definition) is 9. The van der Waals surface area contributed by atoms with E-state index in [2.05, 4.69) is 15.6 Å². The first-order chi connectivity index (χ1) is 19.9. The van der Waals surface area contributed by atoms with E-state index in [1.54, 1.807) is 24.3 Å². The number of nitrogens with one attached hydrogen (secondary N) is 2. The molecule has 11 nitrogen and oxygen atoms in total. The fourth-order valence-electron chi connectivity index (χ4n) is 4.33. The van der Waals surface area contributed by atoms with E-state index >= 15 is 0 Å². The summed E-state index contributed by atoms with van der Waals surface area (Å²) in [5, 5.41) is 6.05. The lowest BCUT2D eigenvalue weighted by atomic mass is 9.83. The van der Waals surface area contributed by atoms with Gasteiger partial charge >= 0.3 is 0 Å². The second-order valence-corrected chi connectivity index (χ2v) is 10.0. The summed E-state index contributed by atoms with van der Waals surface area (Å²) in [6, 6.07) is 5.92. The maximum Gasteiger partial charge on any atom is 0.223 e. The van der Waals surface area contributed by atoms with Gasteiger partial charge in [-0.25, -0.2) is 0 Å². The minimum absolute atomic E-state index is 0.0223. The van der Waals surface area contributed by atoms with E-state index in [-0.39, 0.29) is 29.7 Å². The van der Waals surface area contributed by atoms with Crippen molar-refractivity contribution in [3.05, 3.63) is 30.6 Å². The predicted molar refractivity (Wildman–Crippen MR) is 156 cm³/mol. The summed E-state index contributed by atoms with van der Waals surface area (Å²) in [5.74, 6) is 0.601. The maximum absolute atomic E-state index is 11.9. The van der Waals surface area contributed by atoms with E-state index in [1.807, 2.05) is 32.2 Å². The molecule has 1 aromatic heterocycles. The Morgan fingerprint density at radius 3 is 2.02 bits per heavy atom. The van der Waals surface area contributed by atoms with Crippen LogP contribution in [0.5, 0.6) is 0 Å². The van der Waals surface area contributed by atoms with Crippen LogP contribution < -0.4 is 10.6 Å². The fourth-order valence-corrected chi connectivity index (χ4v) is 4.33. The normalized spacial score (nSPS) is 19.8. The minimum atomic E-state index is -0.0532. The number of carbonyl (C=O) groups excluding carboxylic acids is 4. The van der Waals surface area contributed by atoms with E-state index in [4.69, 9.17) is 14.2 Å². The molecule has 1 unspecified atom stereocenters. The van der Waals surface area contributed by atoms with Crippen molar-refractivity contribution in [2.24, 2.45) is 11.8 Å². The van der Waals surface area contributed by atoms with Gasteiger partial charge in [-0.05, 0) is 44.9 Å². The number of ether oxygens (including phenoxy) is 3. The number of carbonyl (C=O) groups is 4. The Morgan fingerprint density at radius 2 is 1.59 bits per heavy atom. The zero-order valence-electron chi connectivity index (χ0n) is 25.1. The van der Waals surface area contributed by atoms with Gasteiger partial charge in [0.15, 0.2) is 0 Å². The molecule has 0 spiro atoms. The number of aromatic nitrogens is 1. The molecule has 1 atom stereocenters. The first kappa shape index (κ1) is 36.3. The number of nitrogens with zero attached hydrogens (tertiary/aromatic N) is 2. The van der Waals surface area contributed by atoms with Gasteiger partial charge in [0, 0.05) is 69.7 Å². The van der Waals surface area contributed by atoms with Crippen molar-refractivity contribution in [1.29, 1.82) is 0 Å². The average Bonchev–Trinajstić information content (AvgIpc) is 3.34. The van der Waals surface area contributed by atoms with E-state index in [0.717, 1.165) is 38.5 Å². The van der Waals surface area contributed by atoms with Gasteiger partial charge in [0.1, 0.15) is 12.1 Å². The molecule has 1 saturated heterocycles. The lowest BCUT2D eigenvalue weighted by Gasteiger charge is -2.28. The molecule has 3 rings (SSSR count).